The van der Waals surface area contributed by atoms with E-state index in [0.717, 1.165) is 17.3 Å². The molecule has 16 heavy (non-hydrogen) atoms. The number of nitrogens with one attached hydrogen (secondary N) is 1. The third-order valence-corrected chi connectivity index (χ3v) is 2.32. The number of rotatable bonds is 0. The van der Waals surface area contributed by atoms with Crippen molar-refractivity contribution in [3.05, 3.63) is 60.0 Å². The summed E-state index contributed by atoms with van der Waals surface area (Å²) >= 11 is 0. The van der Waals surface area contributed by atoms with Crippen molar-refractivity contribution in [3.63, 3.8) is 0 Å². The maximum absolute atomic E-state index is 5.64. The Morgan fingerprint density at radius 1 is 1.12 bits per heavy atom. The van der Waals surface area contributed by atoms with E-state index in [2.05, 4.69) is 24.4 Å². The second kappa shape index (κ2) is 4.71. The second-order valence-electron chi connectivity index (χ2n) is 3.65. The van der Waals surface area contributed by atoms with Gasteiger partial charge in [-0.3, -0.25) is 0 Å². The Hall–Kier alpha value is -1.96. The van der Waals surface area contributed by atoms with E-state index in [1.165, 1.54) is 5.56 Å². The van der Waals surface area contributed by atoms with E-state index in [-0.39, 0.29) is 0 Å². The lowest BCUT2D eigenvalue weighted by atomic mass is 10.2. The van der Waals surface area contributed by atoms with Gasteiger partial charge in [-0.05, 0) is 37.6 Å². The van der Waals surface area contributed by atoms with Crippen LogP contribution >= 0.6 is 0 Å². The third kappa shape index (κ3) is 2.34. The van der Waals surface area contributed by atoms with Gasteiger partial charge in [0.15, 0.2) is 11.6 Å². The zero-order valence-electron chi connectivity index (χ0n) is 9.53. The first kappa shape index (κ1) is 10.6. The summed E-state index contributed by atoms with van der Waals surface area (Å²) in [6.07, 6.45) is 1.91. The Morgan fingerprint density at radius 3 is 2.62 bits per heavy atom. The van der Waals surface area contributed by atoms with Crippen molar-refractivity contribution in [2.75, 3.05) is 5.32 Å². The fraction of sp³-hybridized carbons (Fsp3) is 0.143. The van der Waals surface area contributed by atoms with Crippen LogP contribution in [0.4, 0.5) is 5.69 Å². The van der Waals surface area contributed by atoms with Gasteiger partial charge in [0, 0.05) is 0 Å². The van der Waals surface area contributed by atoms with Crippen molar-refractivity contribution < 1.29 is 4.74 Å². The molecule has 0 aromatic heterocycles. The van der Waals surface area contributed by atoms with Gasteiger partial charge in [0.05, 0.1) is 5.69 Å². The summed E-state index contributed by atoms with van der Waals surface area (Å²) in [5.41, 5.74) is 2.18. The monoisotopic (exact) mass is 213 g/mol. The molecule has 0 bridgehead atoms. The van der Waals surface area contributed by atoms with Crippen LogP contribution in [0.25, 0.3) is 0 Å². The molecule has 1 aromatic carbocycles. The fourth-order valence-corrected chi connectivity index (χ4v) is 1.51. The highest BCUT2D eigenvalue weighted by atomic mass is 16.5. The van der Waals surface area contributed by atoms with E-state index in [1.54, 1.807) is 0 Å². The third-order valence-electron chi connectivity index (χ3n) is 2.32. The summed E-state index contributed by atoms with van der Waals surface area (Å²) in [6, 6.07) is 14.1. The summed E-state index contributed by atoms with van der Waals surface area (Å²) in [5, 5.41) is 3.22. The van der Waals surface area contributed by atoms with Crippen molar-refractivity contribution in [1.29, 1.82) is 0 Å². The van der Waals surface area contributed by atoms with E-state index < -0.39 is 0 Å². The van der Waals surface area contributed by atoms with Crippen LogP contribution in [-0.2, 0) is 0 Å². The van der Waals surface area contributed by atoms with Gasteiger partial charge >= 0.3 is 0 Å². The highest BCUT2D eigenvalue weighted by Crippen LogP contribution is 2.31. The van der Waals surface area contributed by atoms with Gasteiger partial charge in [-0.2, -0.15) is 0 Å². The standard InChI is InChI=1S/C14H15NO/c1-3-14-15-12-10-11(2)8-6-4-5-7-9-13(12)16-14/h3-10,15H,1-2H3/b5-4?,6-4?,7-5?,8-6?,9-7?,11-8?,11-10?,12-10?,13-9?,14-3+. The average Bonchev–Trinajstić information content (AvgIpc) is 2.66. The Morgan fingerprint density at radius 2 is 1.88 bits per heavy atom. The van der Waals surface area contributed by atoms with E-state index in [0.29, 0.717) is 0 Å². The first-order valence-electron chi connectivity index (χ1n) is 5.35. The molecule has 0 saturated heterocycles. The Balaban J connectivity index is 2.57. The molecule has 0 amide bonds. The lowest BCUT2D eigenvalue weighted by molar-refractivity contribution is 0.456. The van der Waals surface area contributed by atoms with E-state index in [9.17, 15) is 0 Å². The molecule has 0 atom stereocenters. The molecule has 0 saturated carbocycles. The van der Waals surface area contributed by atoms with E-state index >= 15 is 0 Å². The van der Waals surface area contributed by atoms with Gasteiger partial charge in [0.2, 0.25) is 0 Å². The van der Waals surface area contributed by atoms with Crippen molar-refractivity contribution in [2.24, 2.45) is 0 Å². The van der Waals surface area contributed by atoms with Gasteiger partial charge in [0.1, 0.15) is 0 Å². The Bertz CT molecular complexity index is 476. The quantitative estimate of drug-likeness (QED) is 0.708. The average molecular weight is 213 g/mol. The van der Waals surface area contributed by atoms with Crippen LogP contribution in [0.1, 0.15) is 12.5 Å². The highest BCUT2D eigenvalue weighted by Gasteiger charge is 2.12. The summed E-state index contributed by atoms with van der Waals surface area (Å²) in [6.45, 7) is 4.01. The van der Waals surface area contributed by atoms with Gasteiger partial charge in [-0.15, -0.1) is 0 Å². The molecular weight excluding hydrogens is 198 g/mol. The van der Waals surface area contributed by atoms with Gasteiger partial charge < -0.3 is 10.1 Å². The van der Waals surface area contributed by atoms with Crippen LogP contribution in [0, 0.1) is 6.92 Å². The molecule has 2 nitrogen and oxygen atoms in total. The fourth-order valence-electron chi connectivity index (χ4n) is 1.51. The summed E-state index contributed by atoms with van der Waals surface area (Å²) in [7, 11) is 0. The number of hydrogen-bond donors (Lipinski definition) is 1. The minimum absolute atomic E-state index is 0.783. The number of hydrogen-bond acceptors (Lipinski definition) is 2. The van der Waals surface area contributed by atoms with Gasteiger partial charge in [-0.25, -0.2) is 0 Å². The van der Waals surface area contributed by atoms with E-state index in [1.807, 2.05) is 43.3 Å². The number of ether oxygens (including phenoxy) is 1. The molecule has 1 aliphatic rings. The molecule has 1 aromatic rings. The van der Waals surface area contributed by atoms with Crippen LogP contribution in [-0.4, -0.2) is 0 Å². The number of fused-ring (bicyclic) bond motifs is 1. The minimum atomic E-state index is 0.783. The molecule has 1 aliphatic heterocycles. The van der Waals surface area contributed by atoms with Crippen LogP contribution in [0.2, 0.25) is 0 Å². The first-order chi connectivity index (χ1) is 7.79. The Labute approximate surface area is 95.9 Å². The largest absolute Gasteiger partial charge is 0.439 e. The second-order valence-corrected chi connectivity index (χ2v) is 3.65. The topological polar surface area (TPSA) is 21.3 Å². The Kier molecular flexibility index (Phi) is 3.10. The smallest absolute Gasteiger partial charge is 0.193 e. The molecule has 0 radical (unpaired) electrons. The van der Waals surface area contributed by atoms with Gasteiger partial charge in [-0.1, -0.05) is 30.3 Å². The van der Waals surface area contributed by atoms with Crippen LogP contribution in [0.3, 0.4) is 0 Å². The van der Waals surface area contributed by atoms with Crippen molar-refractivity contribution in [2.45, 2.75) is 13.8 Å². The predicted molar refractivity (Wildman–Crippen MR) is 66.8 cm³/mol. The number of anilines is 1. The molecule has 1 N–H and O–H groups in total. The zero-order chi connectivity index (χ0) is 11.4. The number of allylic oxidation sites excluding steroid dienone is 1. The molecule has 0 aliphatic carbocycles. The lowest BCUT2D eigenvalue weighted by Crippen LogP contribution is -1.94. The van der Waals surface area contributed by atoms with Crippen LogP contribution in [0.5, 0.6) is 5.75 Å². The highest BCUT2D eigenvalue weighted by molar-refractivity contribution is 5.63. The zero-order valence-corrected chi connectivity index (χ0v) is 9.53. The van der Waals surface area contributed by atoms with Crippen LogP contribution in [0.15, 0.2) is 54.4 Å². The summed E-state index contributed by atoms with van der Waals surface area (Å²) in [4.78, 5) is 0. The normalized spacial score (nSPS) is 14.8. The maximum Gasteiger partial charge on any atom is 0.193 e. The SMILES string of the molecule is C/C=C1\Nc2cc(C)ccccccc2O1. The molecule has 2 rings (SSSR count). The molecule has 0 fully saturated rings. The van der Waals surface area contributed by atoms with Gasteiger partial charge in [0.25, 0.3) is 0 Å². The molecule has 0 unspecified atom stereocenters. The minimum Gasteiger partial charge on any atom is -0.439 e. The lowest BCUT2D eigenvalue weighted by Gasteiger charge is -1.94. The van der Waals surface area contributed by atoms with E-state index in [4.69, 9.17) is 4.74 Å². The number of aryl methyl sites for hydroxylation is 1. The summed E-state index contributed by atoms with van der Waals surface area (Å²) < 4.78 is 5.64. The van der Waals surface area contributed by atoms with Crippen molar-refractivity contribution in [1.82, 2.24) is 0 Å². The molecule has 2 heteroatoms. The predicted octanol–water partition coefficient (Wildman–Crippen LogP) is 3.79. The molecule has 82 valence electrons. The van der Waals surface area contributed by atoms with Crippen LogP contribution < -0.4 is 10.1 Å². The summed E-state index contributed by atoms with van der Waals surface area (Å²) in [5.74, 6) is 1.64. The molecular formula is C14H15NO. The maximum atomic E-state index is 5.64. The first-order valence-corrected chi connectivity index (χ1v) is 5.35. The molecule has 1 heterocycles. The molecule has 0 spiro atoms. The van der Waals surface area contributed by atoms with Crippen molar-refractivity contribution >= 4 is 5.69 Å². The van der Waals surface area contributed by atoms with Crippen molar-refractivity contribution in [3.8, 4) is 5.75 Å².